The van der Waals surface area contributed by atoms with E-state index in [0.29, 0.717) is 38.4 Å². The number of rotatable bonds is 10. The summed E-state index contributed by atoms with van der Waals surface area (Å²) in [7, 11) is 0. The molecule has 0 bridgehead atoms. The molecule has 2 aromatic heterocycles. The van der Waals surface area contributed by atoms with Gasteiger partial charge in [-0.05, 0) is 111 Å². The van der Waals surface area contributed by atoms with Gasteiger partial charge in [-0.25, -0.2) is 9.58 Å². The first-order chi connectivity index (χ1) is 32.6. The van der Waals surface area contributed by atoms with Crippen LogP contribution in [0, 0.1) is 32.6 Å². The second-order valence-electron chi connectivity index (χ2n) is 21.2. The van der Waals surface area contributed by atoms with Gasteiger partial charge in [0.1, 0.15) is 5.82 Å². The number of ether oxygens (including phenoxy) is 1. The Hall–Kier alpha value is -6.10. The van der Waals surface area contributed by atoms with E-state index in [0.717, 1.165) is 44.4 Å². The Morgan fingerprint density at radius 2 is 1.26 bits per heavy atom. The van der Waals surface area contributed by atoms with Gasteiger partial charge >= 0.3 is 0 Å². The molecule has 7 aromatic carbocycles. The molecule has 2 atom stereocenters. The van der Waals surface area contributed by atoms with Crippen LogP contribution >= 0.6 is 0 Å². The first-order valence-corrected chi connectivity index (χ1v) is 24.4. The van der Waals surface area contributed by atoms with Crippen LogP contribution in [0.2, 0.25) is 0 Å². The summed E-state index contributed by atoms with van der Waals surface area (Å²) in [6, 6.07) is 58.8. The molecular formula is C63H61N4OPt-. The van der Waals surface area contributed by atoms with E-state index in [9.17, 15) is 0 Å². The average molecular weight is 1090 g/mol. The maximum absolute atomic E-state index is 7.00. The third-order valence-electron chi connectivity index (χ3n) is 14.7. The van der Waals surface area contributed by atoms with E-state index >= 15 is 0 Å². The molecule has 0 N–H and O–H groups in total. The van der Waals surface area contributed by atoms with Gasteiger partial charge in [0.2, 0.25) is 11.4 Å². The van der Waals surface area contributed by atoms with E-state index in [2.05, 4.69) is 233 Å². The maximum atomic E-state index is 7.00. The number of quaternary nitrogens is 2. The molecule has 2 aliphatic heterocycles. The molecule has 0 saturated carbocycles. The van der Waals surface area contributed by atoms with Gasteiger partial charge in [-0.15, -0.1) is 29.1 Å². The summed E-state index contributed by atoms with van der Waals surface area (Å²) >= 11 is 0. The fraction of sp³-hybridized carbons (Fsp3) is 0.238. The van der Waals surface area contributed by atoms with Crippen LogP contribution in [0.1, 0.15) is 113 Å². The molecule has 11 rings (SSSR count). The molecule has 0 spiro atoms. The van der Waals surface area contributed by atoms with Crippen LogP contribution in [-0.4, -0.2) is 9.55 Å². The third kappa shape index (κ3) is 7.43. The van der Waals surface area contributed by atoms with Gasteiger partial charge in [0.25, 0.3) is 0 Å². The molecule has 69 heavy (non-hydrogen) atoms. The number of benzene rings is 7. The van der Waals surface area contributed by atoms with Crippen LogP contribution in [0.25, 0.3) is 49.9 Å². The van der Waals surface area contributed by atoms with Crippen molar-refractivity contribution in [2.45, 2.75) is 99.3 Å². The van der Waals surface area contributed by atoms with Crippen molar-refractivity contribution in [3.05, 3.63) is 198 Å². The van der Waals surface area contributed by atoms with Crippen molar-refractivity contribution >= 4 is 44.6 Å². The molecule has 4 heterocycles. The normalized spacial score (nSPS) is 17.2. The fourth-order valence-electron chi connectivity index (χ4n) is 10.7. The van der Waals surface area contributed by atoms with Gasteiger partial charge in [0.05, 0.1) is 5.69 Å². The van der Waals surface area contributed by atoms with Crippen LogP contribution in [0.15, 0.2) is 146 Å². The van der Waals surface area contributed by atoms with Crippen molar-refractivity contribution in [2.24, 2.45) is 0 Å². The summed E-state index contributed by atoms with van der Waals surface area (Å²) in [5, 5.41) is 2.24. The van der Waals surface area contributed by atoms with E-state index in [1.165, 1.54) is 61.6 Å². The second-order valence-corrected chi connectivity index (χ2v) is 21.2. The van der Waals surface area contributed by atoms with Crippen LogP contribution in [-0.2, 0) is 26.5 Å². The second kappa shape index (κ2) is 17.1. The van der Waals surface area contributed by atoms with Crippen molar-refractivity contribution in [3.8, 4) is 39.6 Å². The van der Waals surface area contributed by atoms with E-state index in [1.54, 1.807) is 0 Å². The zero-order chi connectivity index (χ0) is 47.4. The van der Waals surface area contributed by atoms with Crippen molar-refractivity contribution < 1.29 is 25.8 Å². The smallest absolute Gasteiger partial charge is 0.225 e. The molecule has 0 radical (unpaired) electrons. The molecule has 350 valence electrons. The quantitative estimate of drug-likeness (QED) is 0.0775. The summed E-state index contributed by atoms with van der Waals surface area (Å²) in [6.07, 6.45) is 1.92. The molecule has 1 saturated heterocycles. The molecule has 1 unspecified atom stereocenters. The first kappa shape index (κ1) is 46.6. The van der Waals surface area contributed by atoms with Crippen molar-refractivity contribution in [3.63, 3.8) is 0 Å². The topological polar surface area (TPSA) is 27.1 Å². The van der Waals surface area contributed by atoms with Crippen LogP contribution in [0.4, 0.5) is 22.7 Å². The summed E-state index contributed by atoms with van der Waals surface area (Å²) in [6.45, 7) is 27.6. The number of fused-ring (bicyclic) bond motifs is 7. The minimum Gasteiger partial charge on any atom is -0.509 e. The monoisotopic (exact) mass is 1080 g/mol. The van der Waals surface area contributed by atoms with Gasteiger partial charge < -0.3 is 9.30 Å². The number of hydrogen-bond acceptors (Lipinski definition) is 2. The Bertz CT molecular complexity index is 3440. The molecule has 6 heteroatoms. The van der Waals surface area contributed by atoms with E-state index in [4.69, 9.17) is 9.72 Å². The maximum Gasteiger partial charge on any atom is 0.225 e. The Morgan fingerprint density at radius 3 is 1.94 bits per heavy atom. The van der Waals surface area contributed by atoms with E-state index in [-0.39, 0.29) is 26.5 Å². The van der Waals surface area contributed by atoms with E-state index < -0.39 is 0 Å². The van der Waals surface area contributed by atoms with Gasteiger partial charge in [-0.3, -0.25) is 0 Å². The summed E-state index contributed by atoms with van der Waals surface area (Å²) in [5.74, 6) is 3.32. The predicted octanol–water partition coefficient (Wildman–Crippen LogP) is 17.5. The van der Waals surface area contributed by atoms with Crippen molar-refractivity contribution in [1.82, 2.24) is 18.7 Å². The standard InChI is InChI=1S/C63H61N4O.Pt/c1-39(2)46-33-55(40(3)4)62(56(34-46)41(5)6)45-20-17-21-49(30-45)66-38-67(66,60-29-43(8)42(7)28-59(60)66)50-31-47(44-18-13-12-14-19-44)32-52(36-50)68-51-24-25-54-53-22-15-16-23-57(53)65(58(54)37-51)61-35-48(26-27-64-61)63(9,10)11;/h12-35,38-41H,1-11H3;/q-1;/t66-,67?;/m0./s1. The van der Waals surface area contributed by atoms with E-state index in [1.807, 2.05) is 12.3 Å². The number of aryl methyl sites for hydroxylation is 2. The van der Waals surface area contributed by atoms with Crippen molar-refractivity contribution in [1.29, 1.82) is 0 Å². The number of pyridine rings is 1. The number of hydrogen-bond donors (Lipinski definition) is 0. The summed E-state index contributed by atoms with van der Waals surface area (Å²) in [4.78, 5) is 4.92. The Balaban J connectivity index is 0.00000553. The van der Waals surface area contributed by atoms with Crippen LogP contribution in [0.5, 0.6) is 11.5 Å². The predicted molar refractivity (Wildman–Crippen MR) is 284 cm³/mol. The summed E-state index contributed by atoms with van der Waals surface area (Å²) in [5.41, 5.74) is 19.6. The largest absolute Gasteiger partial charge is 0.509 e. The zero-order valence-electron chi connectivity index (χ0n) is 41.7. The first-order valence-electron chi connectivity index (χ1n) is 24.4. The Kier molecular flexibility index (Phi) is 11.5. The minimum atomic E-state index is -0.0332. The average Bonchev–Trinajstić information content (AvgIpc) is 3.84. The molecule has 5 nitrogen and oxygen atoms in total. The minimum absolute atomic E-state index is 0. The van der Waals surface area contributed by atoms with Gasteiger partial charge in [-0.1, -0.05) is 153 Å². The van der Waals surface area contributed by atoms with Crippen LogP contribution < -0.4 is 13.9 Å². The molecule has 2 aliphatic rings. The molecule has 0 amide bonds. The van der Waals surface area contributed by atoms with Gasteiger partial charge in [0.15, 0.2) is 12.4 Å². The molecular weight excluding hydrogens is 1020 g/mol. The van der Waals surface area contributed by atoms with Gasteiger partial charge in [0, 0.05) is 68.5 Å². The summed E-state index contributed by atoms with van der Waals surface area (Å²) < 4.78 is 10.3. The molecule has 9 aromatic rings. The number of para-hydroxylation sites is 1. The zero-order valence-corrected chi connectivity index (χ0v) is 44.0. The fourth-order valence-corrected chi connectivity index (χ4v) is 10.7. The Morgan fingerprint density at radius 1 is 0.594 bits per heavy atom. The SMILES string of the molecule is Cc1cc2c(cc1C)[N@@+]1(c3cccc(-c4c(C(C)C)cc(C(C)C)cc4C(C)C)c3)[CH-][N+]21c1[c-]c(Oc2[c-]c3c(cc2)c2ccccc2n3-c2cc(C(C)(C)C)ccn2)cc(-c2ccccc2)c1.[Pt]. The van der Waals surface area contributed by atoms with Crippen LogP contribution in [0.3, 0.4) is 0 Å². The number of aromatic nitrogens is 2. The third-order valence-corrected chi connectivity index (χ3v) is 14.7. The molecule has 1 fully saturated rings. The molecule has 0 aliphatic carbocycles. The van der Waals surface area contributed by atoms with Crippen molar-refractivity contribution in [2.75, 3.05) is 0 Å². The Labute approximate surface area is 423 Å². The number of nitrogens with zero attached hydrogens (tertiary/aromatic N) is 4. The van der Waals surface area contributed by atoms with Gasteiger partial charge in [-0.2, -0.15) is 10.7 Å².